The Hall–Kier alpha value is -1.95. The first-order valence-corrected chi connectivity index (χ1v) is 8.92. The smallest absolute Gasteiger partial charge is 0.227 e. The van der Waals surface area contributed by atoms with Crippen molar-refractivity contribution in [3.8, 4) is 11.5 Å². The summed E-state index contributed by atoms with van der Waals surface area (Å²) in [5.74, 6) is 1.26. The van der Waals surface area contributed by atoms with Crippen LogP contribution in [0.1, 0.15) is 25.7 Å². The fourth-order valence-corrected chi connectivity index (χ4v) is 3.37. The zero-order valence-electron chi connectivity index (χ0n) is 14.5. The van der Waals surface area contributed by atoms with Crippen molar-refractivity contribution in [2.24, 2.45) is 11.8 Å². The summed E-state index contributed by atoms with van der Waals surface area (Å²) in [5.41, 5.74) is 0.533. The molecule has 1 aromatic carbocycles. The molecule has 1 saturated heterocycles. The Labute approximate surface area is 152 Å². The second-order valence-electron chi connectivity index (χ2n) is 6.55. The molecular weight excluding hydrogens is 344 g/mol. The van der Waals surface area contributed by atoms with Gasteiger partial charge < -0.3 is 19.7 Å². The second-order valence-corrected chi connectivity index (χ2v) is 6.96. The molecule has 1 heterocycles. The van der Waals surface area contributed by atoms with Gasteiger partial charge in [0.1, 0.15) is 11.5 Å². The number of benzene rings is 1. The molecule has 136 valence electrons. The summed E-state index contributed by atoms with van der Waals surface area (Å²) in [6.07, 6.45) is 3.38. The van der Waals surface area contributed by atoms with Crippen LogP contribution < -0.4 is 14.8 Å². The van der Waals surface area contributed by atoms with Crippen molar-refractivity contribution in [3.05, 3.63) is 17.2 Å². The molecule has 6 nitrogen and oxygen atoms in total. The predicted octanol–water partition coefficient (Wildman–Crippen LogP) is 2.94. The van der Waals surface area contributed by atoms with Gasteiger partial charge in [-0.2, -0.15) is 0 Å². The van der Waals surface area contributed by atoms with Crippen molar-refractivity contribution >= 4 is 29.1 Å². The number of piperidine rings is 1. The number of likely N-dealkylation sites (tertiary alicyclic amines) is 1. The molecule has 1 saturated carbocycles. The summed E-state index contributed by atoms with van der Waals surface area (Å²) in [7, 11) is 3.04. The van der Waals surface area contributed by atoms with Crippen molar-refractivity contribution in [2.75, 3.05) is 32.6 Å². The molecule has 1 aromatic rings. The van der Waals surface area contributed by atoms with Crippen molar-refractivity contribution in [1.82, 2.24) is 4.90 Å². The molecule has 0 bridgehead atoms. The number of carbonyl (C=O) groups is 2. The van der Waals surface area contributed by atoms with Gasteiger partial charge in [-0.1, -0.05) is 11.6 Å². The third-order valence-corrected chi connectivity index (χ3v) is 5.13. The number of nitrogens with one attached hydrogen (secondary N) is 1. The van der Waals surface area contributed by atoms with E-state index >= 15 is 0 Å². The highest BCUT2D eigenvalue weighted by molar-refractivity contribution is 6.32. The van der Waals surface area contributed by atoms with E-state index in [0.29, 0.717) is 48.1 Å². The first-order chi connectivity index (χ1) is 12.0. The summed E-state index contributed by atoms with van der Waals surface area (Å²) in [6.45, 7) is 1.29. The number of amides is 2. The minimum atomic E-state index is -0.116. The summed E-state index contributed by atoms with van der Waals surface area (Å²) >= 11 is 6.09. The quantitative estimate of drug-likeness (QED) is 0.870. The van der Waals surface area contributed by atoms with Crippen LogP contribution in [-0.2, 0) is 9.59 Å². The SMILES string of the molecule is COc1cc(NC(=O)C2CCN(C(=O)C3CC3)CC2)c(OC)cc1Cl. The zero-order valence-corrected chi connectivity index (χ0v) is 15.3. The number of halogens is 1. The van der Waals surface area contributed by atoms with E-state index in [2.05, 4.69) is 5.32 Å². The zero-order chi connectivity index (χ0) is 18.0. The molecule has 1 N–H and O–H groups in total. The van der Waals surface area contributed by atoms with Gasteiger partial charge in [0.15, 0.2) is 0 Å². The van der Waals surface area contributed by atoms with Crippen LogP contribution in [-0.4, -0.2) is 44.0 Å². The number of hydrogen-bond acceptors (Lipinski definition) is 4. The summed E-state index contributed by atoms with van der Waals surface area (Å²) in [6, 6.07) is 3.28. The summed E-state index contributed by atoms with van der Waals surface area (Å²) in [5, 5.41) is 3.33. The highest BCUT2D eigenvalue weighted by Gasteiger charge is 2.36. The number of ether oxygens (including phenoxy) is 2. The fourth-order valence-electron chi connectivity index (χ4n) is 3.14. The molecule has 3 rings (SSSR count). The minimum Gasteiger partial charge on any atom is -0.495 e. The Morgan fingerprint density at radius 1 is 1.04 bits per heavy atom. The molecule has 2 fully saturated rings. The monoisotopic (exact) mass is 366 g/mol. The van der Waals surface area contributed by atoms with E-state index in [4.69, 9.17) is 21.1 Å². The molecule has 1 aliphatic heterocycles. The highest BCUT2D eigenvalue weighted by Crippen LogP contribution is 2.37. The molecule has 0 aromatic heterocycles. The molecule has 0 radical (unpaired) electrons. The highest BCUT2D eigenvalue weighted by atomic mass is 35.5. The molecule has 2 amide bonds. The molecule has 7 heteroatoms. The van der Waals surface area contributed by atoms with E-state index in [1.54, 1.807) is 12.1 Å². The number of rotatable bonds is 5. The Kier molecular flexibility index (Phi) is 5.37. The number of anilines is 1. The molecule has 0 atom stereocenters. The van der Waals surface area contributed by atoms with Crippen molar-refractivity contribution in [2.45, 2.75) is 25.7 Å². The van der Waals surface area contributed by atoms with Crippen molar-refractivity contribution in [1.29, 1.82) is 0 Å². The van der Waals surface area contributed by atoms with Gasteiger partial charge in [-0.15, -0.1) is 0 Å². The van der Waals surface area contributed by atoms with E-state index < -0.39 is 0 Å². The summed E-state index contributed by atoms with van der Waals surface area (Å²) in [4.78, 5) is 26.6. The molecule has 2 aliphatic rings. The third-order valence-electron chi connectivity index (χ3n) is 4.84. The lowest BCUT2D eigenvalue weighted by Crippen LogP contribution is -2.42. The van der Waals surface area contributed by atoms with Crippen LogP contribution in [0, 0.1) is 11.8 Å². The topological polar surface area (TPSA) is 67.9 Å². The lowest BCUT2D eigenvalue weighted by Gasteiger charge is -2.31. The molecular formula is C18H23ClN2O4. The van der Waals surface area contributed by atoms with Gasteiger partial charge in [-0.05, 0) is 25.7 Å². The van der Waals surface area contributed by atoms with Crippen LogP contribution in [0.3, 0.4) is 0 Å². The van der Waals surface area contributed by atoms with Crippen LogP contribution in [0.25, 0.3) is 0 Å². The van der Waals surface area contributed by atoms with Gasteiger partial charge >= 0.3 is 0 Å². The lowest BCUT2D eigenvalue weighted by atomic mass is 9.95. The van der Waals surface area contributed by atoms with E-state index in [1.165, 1.54) is 14.2 Å². The Morgan fingerprint density at radius 2 is 1.68 bits per heavy atom. The Morgan fingerprint density at radius 3 is 2.24 bits per heavy atom. The molecule has 25 heavy (non-hydrogen) atoms. The number of carbonyl (C=O) groups excluding carboxylic acids is 2. The maximum Gasteiger partial charge on any atom is 0.227 e. The normalized spacial score (nSPS) is 18.0. The standard InChI is InChI=1S/C18H23ClN2O4/c1-24-15-10-14(16(25-2)9-13(15)19)20-17(22)11-5-7-21(8-6-11)18(23)12-3-4-12/h9-12H,3-8H2,1-2H3,(H,20,22). The fraction of sp³-hybridized carbons (Fsp3) is 0.556. The molecule has 0 unspecified atom stereocenters. The van der Waals surface area contributed by atoms with Gasteiger partial charge in [-0.3, -0.25) is 9.59 Å². The average molecular weight is 367 g/mol. The van der Waals surface area contributed by atoms with Gasteiger partial charge in [-0.25, -0.2) is 0 Å². The van der Waals surface area contributed by atoms with Crippen LogP contribution in [0.4, 0.5) is 5.69 Å². The van der Waals surface area contributed by atoms with Crippen LogP contribution in [0.2, 0.25) is 5.02 Å². The van der Waals surface area contributed by atoms with Gasteiger partial charge in [0.2, 0.25) is 11.8 Å². The maximum absolute atomic E-state index is 12.6. The first-order valence-electron chi connectivity index (χ1n) is 8.54. The maximum atomic E-state index is 12.6. The Bertz CT molecular complexity index is 667. The van der Waals surface area contributed by atoms with Crippen molar-refractivity contribution in [3.63, 3.8) is 0 Å². The molecule has 0 spiro atoms. The van der Waals surface area contributed by atoms with Crippen LogP contribution in [0.15, 0.2) is 12.1 Å². The van der Waals surface area contributed by atoms with Gasteiger partial charge in [0.05, 0.1) is 24.9 Å². The molecule has 1 aliphatic carbocycles. The summed E-state index contributed by atoms with van der Waals surface area (Å²) < 4.78 is 10.5. The minimum absolute atomic E-state index is 0.0683. The second kappa shape index (κ2) is 7.52. The third kappa shape index (κ3) is 4.00. The predicted molar refractivity (Wildman–Crippen MR) is 95.2 cm³/mol. The number of methoxy groups -OCH3 is 2. The van der Waals surface area contributed by atoms with E-state index in [1.807, 2.05) is 4.90 Å². The number of nitrogens with zero attached hydrogens (tertiary/aromatic N) is 1. The van der Waals surface area contributed by atoms with Crippen LogP contribution in [0.5, 0.6) is 11.5 Å². The lowest BCUT2D eigenvalue weighted by molar-refractivity contribution is -0.135. The van der Waals surface area contributed by atoms with Gasteiger partial charge in [0, 0.05) is 37.1 Å². The van der Waals surface area contributed by atoms with E-state index in [0.717, 1.165) is 12.8 Å². The van der Waals surface area contributed by atoms with Crippen LogP contribution >= 0.6 is 11.6 Å². The largest absolute Gasteiger partial charge is 0.495 e. The average Bonchev–Trinajstić information content (AvgIpc) is 3.47. The van der Waals surface area contributed by atoms with E-state index in [-0.39, 0.29) is 23.7 Å². The Balaban J connectivity index is 1.62. The van der Waals surface area contributed by atoms with Gasteiger partial charge in [0.25, 0.3) is 0 Å². The first kappa shape index (κ1) is 17.9. The number of hydrogen-bond donors (Lipinski definition) is 1. The van der Waals surface area contributed by atoms with E-state index in [9.17, 15) is 9.59 Å². The van der Waals surface area contributed by atoms with Crippen molar-refractivity contribution < 1.29 is 19.1 Å².